The second-order valence-corrected chi connectivity index (χ2v) is 9.70. The van der Waals surface area contributed by atoms with E-state index in [9.17, 15) is 9.18 Å². The molecule has 0 bridgehead atoms. The Kier molecular flexibility index (Phi) is 6.20. The summed E-state index contributed by atoms with van der Waals surface area (Å²) in [4.78, 5) is 22.1. The number of aromatic nitrogens is 5. The maximum absolute atomic E-state index is 14.1. The van der Waals surface area contributed by atoms with Crippen molar-refractivity contribution >= 4 is 22.7 Å². The number of para-hydroxylation sites is 1. The van der Waals surface area contributed by atoms with Crippen molar-refractivity contribution in [2.75, 3.05) is 5.32 Å². The van der Waals surface area contributed by atoms with Crippen LogP contribution in [0.3, 0.4) is 0 Å². The summed E-state index contributed by atoms with van der Waals surface area (Å²) in [6.07, 6.45) is 2.99. The number of carbonyl (C=O) groups excluding carboxylic acids is 1. The van der Waals surface area contributed by atoms with Gasteiger partial charge in [-0.3, -0.25) is 4.57 Å². The average molecular weight is 499 g/mol. The zero-order valence-corrected chi connectivity index (χ0v) is 21.1. The fourth-order valence-corrected chi connectivity index (χ4v) is 3.97. The van der Waals surface area contributed by atoms with Gasteiger partial charge in [0, 0.05) is 23.0 Å². The van der Waals surface area contributed by atoms with E-state index in [4.69, 9.17) is 9.72 Å². The maximum Gasteiger partial charge on any atom is 0.435 e. The molecule has 0 unspecified atom stereocenters. The first-order valence-electron chi connectivity index (χ1n) is 11.9. The summed E-state index contributed by atoms with van der Waals surface area (Å²) in [5.74, 6) is 0.322. The van der Waals surface area contributed by atoms with Gasteiger partial charge in [-0.1, -0.05) is 18.2 Å². The third-order valence-corrected chi connectivity index (χ3v) is 5.60. The molecule has 2 aromatic carbocycles. The number of benzene rings is 2. The second kappa shape index (κ2) is 9.50. The molecule has 0 aliphatic heterocycles. The number of pyridine rings is 1. The Labute approximate surface area is 213 Å². The summed E-state index contributed by atoms with van der Waals surface area (Å²) in [5, 5.41) is 8.12. The lowest BCUT2D eigenvalue weighted by atomic mass is 10.2. The zero-order chi connectivity index (χ0) is 26.2. The zero-order valence-electron chi connectivity index (χ0n) is 21.1. The lowest BCUT2D eigenvalue weighted by Crippen LogP contribution is -2.27. The molecule has 0 aliphatic carbocycles. The van der Waals surface area contributed by atoms with Gasteiger partial charge in [0.1, 0.15) is 17.1 Å². The van der Waals surface area contributed by atoms with Crippen LogP contribution in [-0.4, -0.2) is 36.0 Å². The number of hydrogen-bond donors (Lipinski definition) is 1. The first kappa shape index (κ1) is 24.2. The molecule has 3 aromatic heterocycles. The standard InChI is InChI=1S/C28H27FN6O2/c1-18-8-7-11-24(32-18)26-33-20(16-30-23-10-6-5-9-22(23)29)17-34(26)21-12-13-25-19(14-21)15-31-35(25)27(36)37-28(2,3)4/h5-15,17,30H,16H2,1-4H3. The van der Waals surface area contributed by atoms with Gasteiger partial charge in [-0.2, -0.15) is 9.78 Å². The smallest absolute Gasteiger partial charge is 0.435 e. The van der Waals surface area contributed by atoms with Crippen LogP contribution in [0, 0.1) is 12.7 Å². The van der Waals surface area contributed by atoms with Crippen LogP contribution >= 0.6 is 0 Å². The van der Waals surface area contributed by atoms with Crippen molar-refractivity contribution in [2.45, 2.75) is 39.8 Å². The fourth-order valence-electron chi connectivity index (χ4n) is 3.97. The highest BCUT2D eigenvalue weighted by molar-refractivity contribution is 5.89. The number of rotatable bonds is 5. The van der Waals surface area contributed by atoms with E-state index in [0.717, 1.165) is 16.8 Å². The van der Waals surface area contributed by atoms with Crippen LogP contribution < -0.4 is 5.32 Å². The van der Waals surface area contributed by atoms with E-state index in [1.807, 2.05) is 74.9 Å². The van der Waals surface area contributed by atoms with E-state index in [-0.39, 0.29) is 5.82 Å². The number of nitrogens with one attached hydrogen (secondary N) is 1. The normalized spacial score (nSPS) is 11.6. The molecule has 0 saturated heterocycles. The van der Waals surface area contributed by atoms with Crippen LogP contribution in [0.1, 0.15) is 32.2 Å². The number of imidazole rings is 1. The van der Waals surface area contributed by atoms with Crippen molar-refractivity contribution in [3.05, 3.63) is 90.3 Å². The first-order chi connectivity index (χ1) is 17.7. The van der Waals surface area contributed by atoms with Crippen LogP contribution in [-0.2, 0) is 11.3 Å². The highest BCUT2D eigenvalue weighted by atomic mass is 19.1. The summed E-state index contributed by atoms with van der Waals surface area (Å²) in [6.45, 7) is 7.69. The number of anilines is 1. The molecule has 5 rings (SSSR count). The fraction of sp³-hybridized carbons (Fsp3) is 0.214. The SMILES string of the molecule is Cc1cccc(-c2nc(CNc3ccccc3F)cn2-c2ccc3c(cnn3C(=O)OC(C)(C)C)c2)n1. The number of nitrogens with zero attached hydrogens (tertiary/aromatic N) is 5. The lowest BCUT2D eigenvalue weighted by molar-refractivity contribution is 0.0522. The first-order valence-corrected chi connectivity index (χ1v) is 11.9. The van der Waals surface area contributed by atoms with Crippen molar-refractivity contribution in [3.8, 4) is 17.2 Å². The Morgan fingerprint density at radius 2 is 1.86 bits per heavy atom. The summed E-state index contributed by atoms with van der Waals surface area (Å²) in [7, 11) is 0. The number of aryl methyl sites for hydroxylation is 1. The van der Waals surface area contributed by atoms with Crippen molar-refractivity contribution in [1.29, 1.82) is 0 Å². The second-order valence-electron chi connectivity index (χ2n) is 9.70. The molecule has 0 atom stereocenters. The molecule has 0 fully saturated rings. The van der Waals surface area contributed by atoms with Crippen LogP contribution in [0.4, 0.5) is 14.9 Å². The van der Waals surface area contributed by atoms with Crippen molar-refractivity contribution in [2.24, 2.45) is 0 Å². The van der Waals surface area contributed by atoms with Gasteiger partial charge in [0.15, 0.2) is 5.82 Å². The van der Waals surface area contributed by atoms with Gasteiger partial charge in [0.2, 0.25) is 0 Å². The van der Waals surface area contributed by atoms with Crippen molar-refractivity contribution in [3.63, 3.8) is 0 Å². The molecule has 3 heterocycles. The predicted octanol–water partition coefficient (Wildman–Crippen LogP) is 6.13. The quantitative estimate of drug-likeness (QED) is 0.314. The molecule has 5 aromatic rings. The minimum Gasteiger partial charge on any atom is -0.442 e. The van der Waals surface area contributed by atoms with E-state index in [1.165, 1.54) is 10.7 Å². The molecule has 8 nitrogen and oxygen atoms in total. The van der Waals surface area contributed by atoms with E-state index in [1.54, 1.807) is 24.4 Å². The highest BCUT2D eigenvalue weighted by Gasteiger charge is 2.21. The molecule has 0 saturated carbocycles. The van der Waals surface area contributed by atoms with Gasteiger partial charge in [-0.15, -0.1) is 0 Å². The Balaban J connectivity index is 1.52. The van der Waals surface area contributed by atoms with Crippen molar-refractivity contribution < 1.29 is 13.9 Å². The molecule has 0 amide bonds. The van der Waals surface area contributed by atoms with Gasteiger partial charge >= 0.3 is 6.09 Å². The number of fused-ring (bicyclic) bond motifs is 1. The third-order valence-electron chi connectivity index (χ3n) is 5.60. The number of hydrogen-bond acceptors (Lipinski definition) is 6. The van der Waals surface area contributed by atoms with E-state index in [2.05, 4.69) is 15.4 Å². The summed E-state index contributed by atoms with van der Waals surface area (Å²) >= 11 is 0. The van der Waals surface area contributed by atoms with E-state index < -0.39 is 11.7 Å². The molecule has 9 heteroatoms. The topological polar surface area (TPSA) is 86.9 Å². The molecule has 188 valence electrons. The summed E-state index contributed by atoms with van der Waals surface area (Å²) in [5.41, 5.74) is 3.52. The molecule has 0 aliphatic rings. The van der Waals surface area contributed by atoms with Gasteiger partial charge < -0.3 is 10.1 Å². The van der Waals surface area contributed by atoms with Gasteiger partial charge in [0.25, 0.3) is 0 Å². The minimum atomic E-state index is -0.630. The number of ether oxygens (including phenoxy) is 1. The van der Waals surface area contributed by atoms with Crippen molar-refractivity contribution in [1.82, 2.24) is 24.3 Å². The van der Waals surface area contributed by atoms with Gasteiger partial charge in [-0.05, 0) is 70.2 Å². The number of halogens is 1. The minimum absolute atomic E-state index is 0.324. The van der Waals surface area contributed by atoms with Crippen LogP contribution in [0.15, 0.2) is 73.1 Å². The summed E-state index contributed by atoms with van der Waals surface area (Å²) in [6, 6.07) is 17.9. The van der Waals surface area contributed by atoms with Gasteiger partial charge in [-0.25, -0.2) is 19.2 Å². The van der Waals surface area contributed by atoms with Crippen LogP contribution in [0.5, 0.6) is 0 Å². The van der Waals surface area contributed by atoms with Crippen LogP contribution in [0.2, 0.25) is 0 Å². The molecule has 1 N–H and O–H groups in total. The Bertz CT molecular complexity index is 1600. The lowest BCUT2D eigenvalue weighted by Gasteiger charge is -2.19. The molecule has 37 heavy (non-hydrogen) atoms. The Morgan fingerprint density at radius 3 is 2.62 bits per heavy atom. The highest BCUT2D eigenvalue weighted by Crippen LogP contribution is 2.26. The van der Waals surface area contributed by atoms with E-state index in [0.29, 0.717) is 35.0 Å². The monoisotopic (exact) mass is 498 g/mol. The molecular weight excluding hydrogens is 471 g/mol. The largest absolute Gasteiger partial charge is 0.442 e. The van der Waals surface area contributed by atoms with Gasteiger partial charge in [0.05, 0.1) is 29.6 Å². The molecular formula is C28H27FN6O2. The Hall–Kier alpha value is -4.53. The van der Waals surface area contributed by atoms with E-state index >= 15 is 0 Å². The number of carbonyl (C=O) groups is 1. The molecule has 0 spiro atoms. The summed E-state index contributed by atoms with van der Waals surface area (Å²) < 4.78 is 22.8. The maximum atomic E-state index is 14.1. The average Bonchev–Trinajstić information content (AvgIpc) is 3.47. The molecule has 0 radical (unpaired) electrons. The third kappa shape index (κ3) is 5.20. The van der Waals surface area contributed by atoms with Crippen LogP contribution in [0.25, 0.3) is 28.1 Å². The predicted molar refractivity (Wildman–Crippen MR) is 140 cm³/mol. The Morgan fingerprint density at radius 1 is 1.05 bits per heavy atom.